The van der Waals surface area contributed by atoms with Gasteiger partial charge in [-0.2, -0.15) is 0 Å². The molecule has 0 bridgehead atoms. The van der Waals surface area contributed by atoms with Crippen molar-refractivity contribution in [2.24, 2.45) is 0 Å². The van der Waals surface area contributed by atoms with Crippen LogP contribution in [0.25, 0.3) is 10.9 Å². The molecule has 0 spiro atoms. The highest BCUT2D eigenvalue weighted by Crippen LogP contribution is 2.32. The van der Waals surface area contributed by atoms with Crippen molar-refractivity contribution in [3.05, 3.63) is 53.0 Å². The summed E-state index contributed by atoms with van der Waals surface area (Å²) in [5, 5.41) is 8.26. The highest BCUT2D eigenvalue weighted by Gasteiger charge is 2.32. The topological polar surface area (TPSA) is 74.2 Å². The number of rotatable bonds is 4. The van der Waals surface area contributed by atoms with Crippen LogP contribution in [0.2, 0.25) is 0 Å². The second-order valence-electron chi connectivity index (χ2n) is 6.98. The fraction of sp³-hybridized carbons (Fsp3) is 0.400. The van der Waals surface area contributed by atoms with Crippen molar-refractivity contribution in [3.8, 4) is 0 Å². The normalized spacial score (nSPS) is 17.2. The van der Waals surface area contributed by atoms with Gasteiger partial charge in [0, 0.05) is 35.8 Å². The monoisotopic (exact) mass is 352 g/mol. The van der Waals surface area contributed by atoms with Crippen molar-refractivity contribution >= 4 is 16.9 Å². The Hall–Kier alpha value is -2.76. The fourth-order valence-electron chi connectivity index (χ4n) is 3.90. The molecule has 2 amide bonds. The van der Waals surface area contributed by atoms with Crippen LogP contribution in [-0.4, -0.2) is 34.2 Å². The maximum Gasteiger partial charge on any atom is 0.318 e. The maximum absolute atomic E-state index is 12.7. The first-order valence-electron chi connectivity index (χ1n) is 9.17. The lowest BCUT2D eigenvalue weighted by Gasteiger charge is -2.23. The van der Waals surface area contributed by atoms with Crippen molar-refractivity contribution in [2.45, 2.75) is 39.2 Å². The molecule has 1 saturated heterocycles. The molecular weight excluding hydrogens is 328 g/mol. The summed E-state index contributed by atoms with van der Waals surface area (Å²) in [7, 11) is 0. The zero-order valence-electron chi connectivity index (χ0n) is 15.2. The second-order valence-corrected chi connectivity index (χ2v) is 6.98. The van der Waals surface area contributed by atoms with Crippen LogP contribution in [0.15, 0.2) is 34.9 Å². The van der Waals surface area contributed by atoms with E-state index < -0.39 is 0 Å². The first-order chi connectivity index (χ1) is 12.6. The largest absolute Gasteiger partial charge is 0.359 e. The predicted octanol–water partition coefficient (Wildman–Crippen LogP) is 3.86. The average Bonchev–Trinajstić information content (AvgIpc) is 3.33. The number of benzene rings is 1. The Labute approximate surface area is 152 Å². The van der Waals surface area contributed by atoms with E-state index in [1.807, 2.05) is 30.0 Å². The van der Waals surface area contributed by atoms with Gasteiger partial charge in [0.2, 0.25) is 0 Å². The van der Waals surface area contributed by atoms with Gasteiger partial charge in [-0.3, -0.25) is 0 Å². The first kappa shape index (κ1) is 16.7. The summed E-state index contributed by atoms with van der Waals surface area (Å²) in [6.07, 6.45) is 2.71. The van der Waals surface area contributed by atoms with Gasteiger partial charge in [-0.05, 0) is 44.7 Å². The van der Waals surface area contributed by atoms with Crippen molar-refractivity contribution in [3.63, 3.8) is 0 Å². The molecule has 0 unspecified atom stereocenters. The average molecular weight is 352 g/mol. The zero-order valence-corrected chi connectivity index (χ0v) is 15.2. The number of carbonyl (C=O) groups excluding carboxylic acids is 1. The number of aryl methyl sites for hydroxylation is 2. The number of urea groups is 1. The molecule has 1 aromatic carbocycles. The molecule has 0 aliphatic carbocycles. The van der Waals surface area contributed by atoms with Crippen molar-refractivity contribution in [1.82, 2.24) is 20.4 Å². The summed E-state index contributed by atoms with van der Waals surface area (Å²) in [6, 6.07) is 10.2. The second kappa shape index (κ2) is 6.86. The smallest absolute Gasteiger partial charge is 0.318 e. The first-order valence-corrected chi connectivity index (χ1v) is 9.17. The quantitative estimate of drug-likeness (QED) is 0.749. The Kier molecular flexibility index (Phi) is 4.41. The molecule has 6 nitrogen and oxygen atoms in total. The van der Waals surface area contributed by atoms with Crippen LogP contribution in [0, 0.1) is 13.8 Å². The molecule has 0 saturated carbocycles. The minimum Gasteiger partial charge on any atom is -0.359 e. The Morgan fingerprint density at radius 3 is 3.04 bits per heavy atom. The Bertz CT molecular complexity index is 927. The molecule has 1 fully saturated rings. The Morgan fingerprint density at radius 1 is 1.38 bits per heavy atom. The third-order valence-corrected chi connectivity index (χ3v) is 5.17. The lowest BCUT2D eigenvalue weighted by molar-refractivity contribution is 0.182. The highest BCUT2D eigenvalue weighted by atomic mass is 16.5. The van der Waals surface area contributed by atoms with Crippen LogP contribution in [0.5, 0.6) is 0 Å². The summed E-state index contributed by atoms with van der Waals surface area (Å²) in [4.78, 5) is 17.9. The Balaban J connectivity index is 1.40. The number of para-hydroxylation sites is 1. The van der Waals surface area contributed by atoms with Crippen molar-refractivity contribution in [2.75, 3.05) is 13.1 Å². The van der Waals surface area contributed by atoms with E-state index in [0.29, 0.717) is 6.54 Å². The predicted molar refractivity (Wildman–Crippen MR) is 100 cm³/mol. The molecule has 1 atom stereocenters. The maximum atomic E-state index is 12.7. The van der Waals surface area contributed by atoms with Crippen LogP contribution < -0.4 is 5.32 Å². The summed E-state index contributed by atoms with van der Waals surface area (Å²) in [5.41, 5.74) is 4.43. The number of aromatic nitrogens is 2. The van der Waals surface area contributed by atoms with Crippen LogP contribution in [-0.2, 0) is 6.42 Å². The zero-order chi connectivity index (χ0) is 18.1. The third kappa shape index (κ3) is 3.07. The third-order valence-electron chi connectivity index (χ3n) is 5.17. The molecule has 1 aliphatic rings. The number of nitrogens with zero attached hydrogens (tertiary/aromatic N) is 2. The number of fused-ring (bicyclic) bond motifs is 1. The van der Waals surface area contributed by atoms with Gasteiger partial charge in [0.05, 0.1) is 11.7 Å². The number of carbonyl (C=O) groups is 1. The Morgan fingerprint density at radius 2 is 2.23 bits per heavy atom. The SMILES string of the molecule is Cc1cc([C@@H]2CCCN2C(=O)NCCc2c(C)[nH]c3ccccc23)on1. The van der Waals surface area contributed by atoms with Gasteiger partial charge in [0.1, 0.15) is 0 Å². The number of nitrogens with one attached hydrogen (secondary N) is 2. The summed E-state index contributed by atoms with van der Waals surface area (Å²) in [5.74, 6) is 0.780. The van der Waals surface area contributed by atoms with Gasteiger partial charge in [0.25, 0.3) is 0 Å². The number of amides is 2. The summed E-state index contributed by atoms with van der Waals surface area (Å²) in [6.45, 7) is 5.35. The molecule has 2 aromatic heterocycles. The van der Waals surface area contributed by atoms with Gasteiger partial charge in [-0.15, -0.1) is 0 Å². The molecular formula is C20H24N4O2. The van der Waals surface area contributed by atoms with Gasteiger partial charge in [-0.25, -0.2) is 4.79 Å². The van der Waals surface area contributed by atoms with Gasteiger partial charge < -0.3 is 19.7 Å². The number of hydrogen-bond donors (Lipinski definition) is 2. The van der Waals surface area contributed by atoms with E-state index in [4.69, 9.17) is 4.52 Å². The molecule has 1 aliphatic heterocycles. The van der Waals surface area contributed by atoms with E-state index in [0.717, 1.165) is 48.5 Å². The van der Waals surface area contributed by atoms with E-state index in [-0.39, 0.29) is 12.1 Å². The van der Waals surface area contributed by atoms with Crippen molar-refractivity contribution in [1.29, 1.82) is 0 Å². The highest BCUT2D eigenvalue weighted by molar-refractivity contribution is 5.84. The number of likely N-dealkylation sites (tertiary alicyclic amines) is 1. The number of hydrogen-bond acceptors (Lipinski definition) is 3. The fourth-order valence-corrected chi connectivity index (χ4v) is 3.90. The van der Waals surface area contributed by atoms with E-state index in [2.05, 4.69) is 34.5 Å². The number of H-pyrrole nitrogens is 1. The van der Waals surface area contributed by atoms with Crippen LogP contribution in [0.1, 0.15) is 41.6 Å². The van der Waals surface area contributed by atoms with E-state index in [1.165, 1.54) is 10.9 Å². The molecule has 3 aromatic rings. The van der Waals surface area contributed by atoms with Crippen LogP contribution in [0.3, 0.4) is 0 Å². The molecule has 2 N–H and O–H groups in total. The van der Waals surface area contributed by atoms with E-state index in [1.54, 1.807) is 0 Å². The molecule has 6 heteroatoms. The van der Waals surface area contributed by atoms with E-state index >= 15 is 0 Å². The van der Waals surface area contributed by atoms with Gasteiger partial charge in [-0.1, -0.05) is 23.4 Å². The molecule has 3 heterocycles. The van der Waals surface area contributed by atoms with Crippen LogP contribution >= 0.6 is 0 Å². The van der Waals surface area contributed by atoms with Gasteiger partial charge >= 0.3 is 6.03 Å². The lowest BCUT2D eigenvalue weighted by Crippen LogP contribution is -2.40. The molecule has 26 heavy (non-hydrogen) atoms. The molecule has 4 rings (SSSR count). The minimum absolute atomic E-state index is 0.00831. The van der Waals surface area contributed by atoms with E-state index in [9.17, 15) is 4.79 Å². The lowest BCUT2D eigenvalue weighted by atomic mass is 10.1. The standard InChI is InChI=1S/C20H24N4O2/c1-13-12-19(26-23-13)18-8-5-11-24(18)20(25)21-10-9-15-14(2)22-17-7-4-3-6-16(15)17/h3-4,6-7,12,18,22H,5,8-11H2,1-2H3,(H,21,25)/t18-/m0/s1. The van der Waals surface area contributed by atoms with Crippen LogP contribution in [0.4, 0.5) is 4.79 Å². The number of aromatic amines is 1. The molecule has 0 radical (unpaired) electrons. The summed E-state index contributed by atoms with van der Waals surface area (Å²) < 4.78 is 5.38. The van der Waals surface area contributed by atoms with Crippen molar-refractivity contribution < 1.29 is 9.32 Å². The summed E-state index contributed by atoms with van der Waals surface area (Å²) >= 11 is 0. The molecule has 136 valence electrons. The van der Waals surface area contributed by atoms with Gasteiger partial charge in [0.15, 0.2) is 5.76 Å². The minimum atomic E-state index is -0.0287.